The van der Waals surface area contributed by atoms with Crippen LogP contribution in [0.5, 0.6) is 0 Å². The zero-order chi connectivity index (χ0) is 17.8. The van der Waals surface area contributed by atoms with Gasteiger partial charge in [0.15, 0.2) is 0 Å². The number of aromatic nitrogens is 4. The normalized spacial score (nSPS) is 15.2. The van der Waals surface area contributed by atoms with Crippen molar-refractivity contribution in [3.63, 3.8) is 0 Å². The number of hydrogen-bond acceptors (Lipinski definition) is 4. The molecule has 0 fully saturated rings. The Balaban J connectivity index is 1.55. The number of aryl methyl sites for hydroxylation is 1. The second-order valence-electron chi connectivity index (χ2n) is 6.97. The lowest BCUT2D eigenvalue weighted by molar-refractivity contribution is -0.122. The van der Waals surface area contributed by atoms with Gasteiger partial charge in [-0.2, -0.15) is 10.2 Å². The molecule has 1 aliphatic heterocycles. The van der Waals surface area contributed by atoms with E-state index >= 15 is 0 Å². The van der Waals surface area contributed by atoms with E-state index in [4.69, 9.17) is 11.6 Å². The molecule has 0 radical (unpaired) electrons. The van der Waals surface area contributed by atoms with Gasteiger partial charge in [0.05, 0.1) is 29.2 Å². The maximum atomic E-state index is 12.0. The van der Waals surface area contributed by atoms with Crippen LogP contribution in [0.4, 0.5) is 0 Å². The highest BCUT2D eigenvalue weighted by atomic mass is 35.5. The summed E-state index contributed by atoms with van der Waals surface area (Å²) in [7, 11) is 0. The van der Waals surface area contributed by atoms with Crippen molar-refractivity contribution in [1.29, 1.82) is 0 Å². The molecule has 1 amide bonds. The van der Waals surface area contributed by atoms with Gasteiger partial charge < -0.3 is 5.32 Å². The van der Waals surface area contributed by atoms with E-state index in [0.29, 0.717) is 17.5 Å². The molecule has 0 aliphatic carbocycles. The molecule has 0 bridgehead atoms. The first-order valence-corrected chi connectivity index (χ1v) is 9.10. The fraction of sp³-hybridized carbons (Fsp3) is 0.588. The van der Waals surface area contributed by atoms with Crippen LogP contribution in [0.2, 0.25) is 5.02 Å². The molecule has 25 heavy (non-hydrogen) atoms. The zero-order valence-corrected chi connectivity index (χ0v) is 15.5. The SMILES string of the molecule is CC(C)CN1CCCn2nc(CNC(=O)Cn3cc(Cl)cn3)cc2C1. The second kappa shape index (κ2) is 8.01. The van der Waals surface area contributed by atoms with E-state index in [9.17, 15) is 4.79 Å². The summed E-state index contributed by atoms with van der Waals surface area (Å²) in [5.74, 6) is 0.549. The number of carbonyl (C=O) groups is 1. The van der Waals surface area contributed by atoms with Gasteiger partial charge in [-0.05, 0) is 18.4 Å². The van der Waals surface area contributed by atoms with E-state index < -0.39 is 0 Å². The minimum absolute atomic E-state index is 0.107. The van der Waals surface area contributed by atoms with E-state index in [1.807, 2.05) is 0 Å². The molecule has 0 aromatic carbocycles. The van der Waals surface area contributed by atoms with Gasteiger partial charge in [0.2, 0.25) is 5.91 Å². The van der Waals surface area contributed by atoms with Gasteiger partial charge in [0.25, 0.3) is 0 Å². The molecule has 0 atom stereocenters. The Hall–Kier alpha value is -1.86. The smallest absolute Gasteiger partial charge is 0.242 e. The van der Waals surface area contributed by atoms with Crippen LogP contribution in [0.25, 0.3) is 0 Å². The van der Waals surface area contributed by atoms with E-state index in [0.717, 1.165) is 38.3 Å². The summed E-state index contributed by atoms with van der Waals surface area (Å²) in [5, 5.41) is 12.1. The number of carbonyl (C=O) groups excluding carboxylic acids is 1. The van der Waals surface area contributed by atoms with Gasteiger partial charge in [-0.15, -0.1) is 0 Å². The topological polar surface area (TPSA) is 68.0 Å². The summed E-state index contributed by atoms with van der Waals surface area (Å²) in [6.07, 6.45) is 4.25. The van der Waals surface area contributed by atoms with Crippen LogP contribution in [0.15, 0.2) is 18.5 Å². The lowest BCUT2D eigenvalue weighted by Crippen LogP contribution is -2.28. The van der Waals surface area contributed by atoms with Crippen molar-refractivity contribution >= 4 is 17.5 Å². The molecule has 0 unspecified atom stereocenters. The van der Waals surface area contributed by atoms with Gasteiger partial charge in [0.1, 0.15) is 6.54 Å². The van der Waals surface area contributed by atoms with Crippen LogP contribution < -0.4 is 5.32 Å². The molecule has 7 nitrogen and oxygen atoms in total. The van der Waals surface area contributed by atoms with Crippen molar-refractivity contribution in [3.05, 3.63) is 34.9 Å². The highest BCUT2D eigenvalue weighted by Crippen LogP contribution is 2.15. The average Bonchev–Trinajstić information content (AvgIpc) is 3.06. The van der Waals surface area contributed by atoms with E-state index in [2.05, 4.69) is 45.0 Å². The van der Waals surface area contributed by atoms with Crippen LogP contribution in [-0.4, -0.2) is 43.5 Å². The predicted octanol–water partition coefficient (Wildman–Crippen LogP) is 1.91. The van der Waals surface area contributed by atoms with Gasteiger partial charge in [-0.25, -0.2) is 0 Å². The van der Waals surface area contributed by atoms with E-state index in [-0.39, 0.29) is 12.5 Å². The summed E-state index contributed by atoms with van der Waals surface area (Å²) in [4.78, 5) is 14.5. The van der Waals surface area contributed by atoms with Crippen molar-refractivity contribution in [2.24, 2.45) is 5.92 Å². The van der Waals surface area contributed by atoms with Crippen LogP contribution in [-0.2, 0) is 31.0 Å². The molecule has 0 spiro atoms. The fourth-order valence-electron chi connectivity index (χ4n) is 3.16. The maximum absolute atomic E-state index is 12.0. The standard InChI is InChI=1S/C17H25ClN6O/c1-13(2)9-22-4-3-5-24-16(11-22)6-15(21-24)8-19-17(25)12-23-10-14(18)7-20-23/h6-7,10,13H,3-5,8-9,11-12H2,1-2H3,(H,19,25). The summed E-state index contributed by atoms with van der Waals surface area (Å²) in [6, 6.07) is 2.10. The van der Waals surface area contributed by atoms with Crippen molar-refractivity contribution < 1.29 is 4.79 Å². The molecule has 2 aromatic rings. The maximum Gasteiger partial charge on any atom is 0.242 e. The Kier molecular flexibility index (Phi) is 5.75. The largest absolute Gasteiger partial charge is 0.349 e. The summed E-state index contributed by atoms with van der Waals surface area (Å²) in [6.45, 7) is 9.14. The number of nitrogens with zero attached hydrogens (tertiary/aromatic N) is 5. The van der Waals surface area contributed by atoms with Crippen LogP contribution >= 0.6 is 11.6 Å². The van der Waals surface area contributed by atoms with Crippen LogP contribution in [0.1, 0.15) is 31.7 Å². The molecule has 3 rings (SSSR count). The number of halogens is 1. The van der Waals surface area contributed by atoms with E-state index in [1.165, 1.54) is 16.6 Å². The third-order valence-electron chi connectivity index (χ3n) is 4.14. The number of rotatable bonds is 6. The third-order valence-corrected chi connectivity index (χ3v) is 4.34. The first-order valence-electron chi connectivity index (χ1n) is 8.72. The Morgan fingerprint density at radius 3 is 2.96 bits per heavy atom. The summed E-state index contributed by atoms with van der Waals surface area (Å²) < 4.78 is 3.60. The quantitative estimate of drug-likeness (QED) is 0.850. The lowest BCUT2D eigenvalue weighted by Gasteiger charge is -2.21. The number of fused-ring (bicyclic) bond motifs is 1. The minimum atomic E-state index is -0.107. The van der Waals surface area contributed by atoms with E-state index in [1.54, 1.807) is 6.20 Å². The number of nitrogens with one attached hydrogen (secondary N) is 1. The van der Waals surface area contributed by atoms with Crippen molar-refractivity contribution in [1.82, 2.24) is 29.8 Å². The summed E-state index contributed by atoms with van der Waals surface area (Å²) in [5.41, 5.74) is 2.12. The fourth-order valence-corrected chi connectivity index (χ4v) is 3.32. The molecule has 0 saturated heterocycles. The van der Waals surface area contributed by atoms with Gasteiger partial charge in [0, 0.05) is 32.4 Å². The molecular weight excluding hydrogens is 340 g/mol. The van der Waals surface area contributed by atoms with Crippen LogP contribution in [0, 0.1) is 5.92 Å². The molecule has 1 aliphatic rings. The zero-order valence-electron chi connectivity index (χ0n) is 14.8. The first kappa shape index (κ1) is 17.9. The minimum Gasteiger partial charge on any atom is -0.349 e. The third kappa shape index (κ3) is 5.06. The van der Waals surface area contributed by atoms with Crippen molar-refractivity contribution in [3.8, 4) is 0 Å². The Labute approximate surface area is 152 Å². The molecule has 2 aromatic heterocycles. The molecule has 136 valence electrons. The number of hydrogen-bond donors (Lipinski definition) is 1. The monoisotopic (exact) mass is 364 g/mol. The Bertz CT molecular complexity index is 723. The highest BCUT2D eigenvalue weighted by Gasteiger charge is 2.17. The van der Waals surface area contributed by atoms with Crippen molar-refractivity contribution in [2.75, 3.05) is 13.1 Å². The number of amides is 1. The predicted molar refractivity (Wildman–Crippen MR) is 96.0 cm³/mol. The van der Waals surface area contributed by atoms with Crippen molar-refractivity contribution in [2.45, 2.75) is 46.4 Å². The summed E-state index contributed by atoms with van der Waals surface area (Å²) >= 11 is 5.80. The Morgan fingerprint density at radius 1 is 1.40 bits per heavy atom. The van der Waals surface area contributed by atoms with Crippen LogP contribution in [0.3, 0.4) is 0 Å². The average molecular weight is 365 g/mol. The molecule has 8 heteroatoms. The molecule has 1 N–H and O–H groups in total. The first-order chi connectivity index (χ1) is 12.0. The lowest BCUT2D eigenvalue weighted by atomic mass is 10.2. The second-order valence-corrected chi connectivity index (χ2v) is 7.40. The molecule has 3 heterocycles. The molecular formula is C17H25ClN6O. The van der Waals surface area contributed by atoms with Gasteiger partial charge in [-0.1, -0.05) is 25.4 Å². The molecule has 0 saturated carbocycles. The van der Waals surface area contributed by atoms with Gasteiger partial charge >= 0.3 is 0 Å². The highest BCUT2D eigenvalue weighted by molar-refractivity contribution is 6.30. The Morgan fingerprint density at radius 2 is 2.24 bits per heavy atom. The van der Waals surface area contributed by atoms with Gasteiger partial charge in [-0.3, -0.25) is 19.1 Å².